The Hall–Kier alpha value is -2.84. The molecule has 168 valence electrons. The van der Waals surface area contributed by atoms with E-state index in [1.54, 1.807) is 23.8 Å². The zero-order chi connectivity index (χ0) is 22.7. The fourth-order valence-corrected chi connectivity index (χ4v) is 4.61. The Bertz CT molecular complexity index is 1130. The molecule has 9 heteroatoms. The summed E-state index contributed by atoms with van der Waals surface area (Å²) in [4.78, 5) is 17.9. The van der Waals surface area contributed by atoms with Gasteiger partial charge >= 0.3 is 5.97 Å². The zero-order valence-corrected chi connectivity index (χ0v) is 19.3. The lowest BCUT2D eigenvalue weighted by Crippen LogP contribution is -2.13. The first-order chi connectivity index (χ1) is 15.5. The lowest BCUT2D eigenvalue weighted by molar-refractivity contribution is 0.0681. The average Bonchev–Trinajstić information content (AvgIpc) is 3.37. The van der Waals surface area contributed by atoms with Gasteiger partial charge in [0.2, 0.25) is 6.79 Å². The number of ether oxygens (including phenoxy) is 3. The molecule has 7 nitrogen and oxygen atoms in total. The summed E-state index contributed by atoms with van der Waals surface area (Å²) in [7, 11) is 1.60. The zero-order valence-electron chi connectivity index (χ0n) is 17.8. The number of benzene rings is 2. The molecule has 0 amide bonds. The monoisotopic (exact) mass is 474 g/mol. The Morgan fingerprint density at radius 3 is 2.62 bits per heavy atom. The van der Waals surface area contributed by atoms with E-state index in [4.69, 9.17) is 30.8 Å². The van der Waals surface area contributed by atoms with Crippen LogP contribution < -0.4 is 14.2 Å². The number of carboxylic acid groups (broad SMARTS) is 1. The molecule has 0 bridgehead atoms. The normalized spacial score (nSPS) is 12.2. The van der Waals surface area contributed by atoms with Crippen molar-refractivity contribution < 1.29 is 24.1 Å². The molecule has 32 heavy (non-hydrogen) atoms. The standard InChI is InChI=1S/C23H23ClN2O5S/c1-3-4-5-20-25-22(32-16-8-6-15(29-2)7-9-16)21(23(27)28)26(20)12-14-10-18-19(11-17(14)24)31-13-30-18/h6-11H,3-5,12-13H2,1-2H3,(H,27,28). The maximum atomic E-state index is 12.3. The Morgan fingerprint density at radius 1 is 1.25 bits per heavy atom. The van der Waals surface area contributed by atoms with Crippen molar-refractivity contribution in [3.8, 4) is 17.2 Å². The van der Waals surface area contributed by atoms with Gasteiger partial charge in [0.15, 0.2) is 17.2 Å². The SMILES string of the molecule is CCCCc1nc(Sc2ccc(OC)cc2)c(C(=O)O)n1Cc1cc2c(cc1Cl)OCO2. The average molecular weight is 475 g/mol. The molecular formula is C23H23ClN2O5S. The molecule has 0 fully saturated rings. The van der Waals surface area contributed by atoms with Gasteiger partial charge < -0.3 is 23.9 Å². The van der Waals surface area contributed by atoms with Crippen LogP contribution in [-0.4, -0.2) is 34.5 Å². The number of aromatic nitrogens is 2. The van der Waals surface area contributed by atoms with Gasteiger partial charge in [-0.15, -0.1) is 0 Å². The van der Waals surface area contributed by atoms with Crippen LogP contribution in [0.15, 0.2) is 46.3 Å². The number of rotatable bonds is 9. The second kappa shape index (κ2) is 9.75. The van der Waals surface area contributed by atoms with Crippen molar-refractivity contribution in [2.45, 2.75) is 42.7 Å². The van der Waals surface area contributed by atoms with Crippen LogP contribution in [0, 0.1) is 0 Å². The number of fused-ring (bicyclic) bond motifs is 1. The molecule has 0 unspecified atom stereocenters. The van der Waals surface area contributed by atoms with E-state index in [1.165, 1.54) is 11.8 Å². The highest BCUT2D eigenvalue weighted by molar-refractivity contribution is 7.99. The molecule has 1 aliphatic heterocycles. The predicted octanol–water partition coefficient (Wildman–Crippen LogP) is 5.51. The molecule has 1 aliphatic rings. The maximum absolute atomic E-state index is 12.3. The van der Waals surface area contributed by atoms with E-state index in [-0.39, 0.29) is 19.0 Å². The first-order valence-corrected chi connectivity index (χ1v) is 11.4. The molecule has 3 aromatic rings. The van der Waals surface area contributed by atoms with Crippen molar-refractivity contribution in [2.75, 3.05) is 13.9 Å². The molecule has 2 aromatic carbocycles. The number of nitrogens with zero attached hydrogens (tertiary/aromatic N) is 2. The number of unbranched alkanes of at least 4 members (excludes halogenated alkanes) is 1. The molecule has 2 heterocycles. The Labute approximate surface area is 195 Å². The topological polar surface area (TPSA) is 82.8 Å². The molecule has 0 atom stereocenters. The summed E-state index contributed by atoms with van der Waals surface area (Å²) >= 11 is 7.80. The van der Waals surface area contributed by atoms with Gasteiger partial charge in [0, 0.05) is 22.4 Å². The van der Waals surface area contributed by atoms with Crippen LogP contribution in [0.1, 0.15) is 41.6 Å². The summed E-state index contributed by atoms with van der Waals surface area (Å²) in [5.74, 6) is 1.61. The van der Waals surface area contributed by atoms with Crippen molar-refractivity contribution in [2.24, 2.45) is 0 Å². The molecule has 0 saturated carbocycles. The number of carbonyl (C=O) groups is 1. The fraction of sp³-hybridized carbons (Fsp3) is 0.304. The molecule has 0 radical (unpaired) electrons. The molecule has 4 rings (SSSR count). The van der Waals surface area contributed by atoms with Gasteiger partial charge in [0.05, 0.1) is 13.7 Å². The van der Waals surface area contributed by atoms with E-state index in [1.807, 2.05) is 24.3 Å². The summed E-state index contributed by atoms with van der Waals surface area (Å²) < 4.78 is 17.8. The number of hydrogen-bond donors (Lipinski definition) is 1. The van der Waals surface area contributed by atoms with Crippen LogP contribution in [0.25, 0.3) is 0 Å². The largest absolute Gasteiger partial charge is 0.497 e. The van der Waals surface area contributed by atoms with Gasteiger partial charge in [0.25, 0.3) is 0 Å². The highest BCUT2D eigenvalue weighted by Gasteiger charge is 2.25. The molecule has 0 spiro atoms. The number of imidazole rings is 1. The highest BCUT2D eigenvalue weighted by Crippen LogP contribution is 2.38. The number of methoxy groups -OCH3 is 1. The Morgan fingerprint density at radius 2 is 1.97 bits per heavy atom. The van der Waals surface area contributed by atoms with Crippen LogP contribution in [0.3, 0.4) is 0 Å². The Balaban J connectivity index is 1.73. The molecule has 1 aromatic heterocycles. The highest BCUT2D eigenvalue weighted by atomic mass is 35.5. The number of aromatic carboxylic acids is 1. The first kappa shape index (κ1) is 22.4. The van der Waals surface area contributed by atoms with Crippen molar-refractivity contribution in [1.82, 2.24) is 9.55 Å². The second-order valence-corrected chi connectivity index (χ2v) is 8.72. The van der Waals surface area contributed by atoms with Gasteiger partial charge in [-0.2, -0.15) is 0 Å². The van der Waals surface area contributed by atoms with Crippen LogP contribution in [0.2, 0.25) is 5.02 Å². The quantitative estimate of drug-likeness (QED) is 0.437. The number of halogens is 1. The van der Waals surface area contributed by atoms with E-state index in [0.717, 1.165) is 29.1 Å². The van der Waals surface area contributed by atoms with Crippen molar-refractivity contribution in [3.05, 3.63) is 58.5 Å². The van der Waals surface area contributed by atoms with E-state index < -0.39 is 5.97 Å². The number of hydrogen-bond acceptors (Lipinski definition) is 6. The number of carboxylic acids is 1. The minimum absolute atomic E-state index is 0.144. The lowest BCUT2D eigenvalue weighted by Gasteiger charge is -2.12. The van der Waals surface area contributed by atoms with Crippen LogP contribution >= 0.6 is 23.4 Å². The summed E-state index contributed by atoms with van der Waals surface area (Å²) in [6.07, 6.45) is 2.54. The maximum Gasteiger partial charge on any atom is 0.355 e. The van der Waals surface area contributed by atoms with Crippen molar-refractivity contribution in [3.63, 3.8) is 0 Å². The van der Waals surface area contributed by atoms with Crippen molar-refractivity contribution in [1.29, 1.82) is 0 Å². The third kappa shape index (κ3) is 4.66. The number of aryl methyl sites for hydroxylation is 1. The predicted molar refractivity (Wildman–Crippen MR) is 122 cm³/mol. The van der Waals surface area contributed by atoms with Crippen LogP contribution in [0.4, 0.5) is 0 Å². The van der Waals surface area contributed by atoms with Gasteiger partial charge in [0.1, 0.15) is 16.6 Å². The van der Waals surface area contributed by atoms with Crippen molar-refractivity contribution >= 4 is 29.3 Å². The van der Waals surface area contributed by atoms with Gasteiger partial charge in [-0.3, -0.25) is 0 Å². The molecule has 1 N–H and O–H groups in total. The second-order valence-electron chi connectivity index (χ2n) is 7.25. The third-order valence-electron chi connectivity index (χ3n) is 5.12. The summed E-state index contributed by atoms with van der Waals surface area (Å²) in [5, 5.41) is 11.0. The first-order valence-electron chi connectivity index (χ1n) is 10.2. The minimum Gasteiger partial charge on any atom is -0.497 e. The molecule has 0 saturated heterocycles. The summed E-state index contributed by atoms with van der Waals surface area (Å²) in [6, 6.07) is 10.9. The molecular weight excluding hydrogens is 452 g/mol. The fourth-order valence-electron chi connectivity index (χ4n) is 3.46. The van der Waals surface area contributed by atoms with Gasteiger partial charge in [-0.1, -0.05) is 36.7 Å². The smallest absolute Gasteiger partial charge is 0.355 e. The summed E-state index contributed by atoms with van der Waals surface area (Å²) in [6.45, 7) is 2.50. The third-order valence-corrected chi connectivity index (χ3v) is 6.45. The van der Waals surface area contributed by atoms with E-state index in [0.29, 0.717) is 33.8 Å². The van der Waals surface area contributed by atoms with E-state index in [9.17, 15) is 9.90 Å². The molecule has 0 aliphatic carbocycles. The van der Waals surface area contributed by atoms with Crippen LogP contribution in [-0.2, 0) is 13.0 Å². The van der Waals surface area contributed by atoms with Crippen LogP contribution in [0.5, 0.6) is 17.2 Å². The Kier molecular flexibility index (Phi) is 6.81. The van der Waals surface area contributed by atoms with Gasteiger partial charge in [-0.05, 0) is 42.3 Å². The van der Waals surface area contributed by atoms with E-state index >= 15 is 0 Å². The van der Waals surface area contributed by atoms with Gasteiger partial charge in [-0.25, -0.2) is 9.78 Å². The minimum atomic E-state index is -1.03. The van der Waals surface area contributed by atoms with E-state index in [2.05, 4.69) is 6.92 Å². The lowest BCUT2D eigenvalue weighted by atomic mass is 10.2. The summed E-state index contributed by atoms with van der Waals surface area (Å²) in [5.41, 5.74) is 0.889.